The average Bonchev–Trinajstić information content (AvgIpc) is 2.84. The van der Waals surface area contributed by atoms with Crippen molar-refractivity contribution < 1.29 is 9.84 Å². The van der Waals surface area contributed by atoms with E-state index < -0.39 is 5.60 Å². The van der Waals surface area contributed by atoms with E-state index >= 15 is 0 Å². The predicted molar refractivity (Wildman–Crippen MR) is 52.7 cm³/mol. The van der Waals surface area contributed by atoms with Gasteiger partial charge in [-0.2, -0.15) is 0 Å². The van der Waals surface area contributed by atoms with E-state index in [2.05, 4.69) is 5.32 Å². The monoisotopic (exact) mass is 187 g/mol. The van der Waals surface area contributed by atoms with Gasteiger partial charge < -0.3 is 15.2 Å². The van der Waals surface area contributed by atoms with Crippen LogP contribution in [0.2, 0.25) is 0 Å². The fraction of sp³-hybridized carbons (Fsp3) is 1.00. The summed E-state index contributed by atoms with van der Waals surface area (Å²) >= 11 is 0. The number of aliphatic hydroxyl groups is 1. The third-order valence-electron chi connectivity index (χ3n) is 2.80. The molecule has 2 atom stereocenters. The second-order valence-electron chi connectivity index (χ2n) is 4.37. The number of ether oxygens (including phenoxy) is 1. The molecule has 0 spiro atoms. The van der Waals surface area contributed by atoms with Gasteiger partial charge in [0, 0.05) is 25.6 Å². The number of hydrogen-bond donors (Lipinski definition) is 2. The van der Waals surface area contributed by atoms with E-state index in [-0.39, 0.29) is 5.92 Å². The molecule has 0 radical (unpaired) electrons. The SMILES string of the molecule is COCC(C)C(C)(O)CNC1CC1. The normalized spacial score (nSPS) is 24.0. The summed E-state index contributed by atoms with van der Waals surface area (Å²) < 4.78 is 5.02. The van der Waals surface area contributed by atoms with Gasteiger partial charge in [-0.3, -0.25) is 0 Å². The van der Waals surface area contributed by atoms with Gasteiger partial charge in [0.1, 0.15) is 0 Å². The number of nitrogens with one attached hydrogen (secondary N) is 1. The predicted octanol–water partition coefficient (Wildman–Crippen LogP) is 0.772. The van der Waals surface area contributed by atoms with Crippen molar-refractivity contribution >= 4 is 0 Å². The Hall–Kier alpha value is -0.120. The fourth-order valence-electron chi connectivity index (χ4n) is 1.24. The summed E-state index contributed by atoms with van der Waals surface area (Å²) in [7, 11) is 1.67. The number of hydrogen-bond acceptors (Lipinski definition) is 3. The van der Waals surface area contributed by atoms with Crippen molar-refractivity contribution in [2.24, 2.45) is 5.92 Å². The molecule has 0 aromatic heterocycles. The first kappa shape index (κ1) is 11.0. The minimum atomic E-state index is -0.654. The van der Waals surface area contributed by atoms with E-state index in [0.717, 1.165) is 0 Å². The van der Waals surface area contributed by atoms with Crippen LogP contribution in [-0.4, -0.2) is 37.0 Å². The molecule has 3 nitrogen and oxygen atoms in total. The summed E-state index contributed by atoms with van der Waals surface area (Å²) in [5.41, 5.74) is -0.654. The van der Waals surface area contributed by atoms with E-state index in [4.69, 9.17) is 4.74 Å². The maximum absolute atomic E-state index is 10.0. The van der Waals surface area contributed by atoms with Crippen LogP contribution >= 0.6 is 0 Å². The molecule has 78 valence electrons. The molecular weight excluding hydrogens is 166 g/mol. The molecule has 0 aromatic carbocycles. The molecule has 1 rings (SSSR count). The second-order valence-corrected chi connectivity index (χ2v) is 4.37. The van der Waals surface area contributed by atoms with Gasteiger partial charge in [0.2, 0.25) is 0 Å². The molecule has 2 N–H and O–H groups in total. The Morgan fingerprint density at radius 1 is 1.62 bits per heavy atom. The molecular formula is C10H21NO2. The fourth-order valence-corrected chi connectivity index (χ4v) is 1.24. The van der Waals surface area contributed by atoms with Crippen LogP contribution in [0.3, 0.4) is 0 Å². The maximum Gasteiger partial charge on any atom is 0.0790 e. The molecule has 1 saturated carbocycles. The Morgan fingerprint density at radius 3 is 2.69 bits per heavy atom. The lowest BCUT2D eigenvalue weighted by atomic mass is 9.91. The Balaban J connectivity index is 2.24. The van der Waals surface area contributed by atoms with E-state index in [1.807, 2.05) is 13.8 Å². The molecule has 0 saturated heterocycles. The van der Waals surface area contributed by atoms with Crippen molar-refractivity contribution in [3.8, 4) is 0 Å². The topological polar surface area (TPSA) is 41.5 Å². The maximum atomic E-state index is 10.0. The second kappa shape index (κ2) is 4.40. The highest BCUT2D eigenvalue weighted by Crippen LogP contribution is 2.22. The highest BCUT2D eigenvalue weighted by molar-refractivity contribution is 4.87. The third-order valence-corrected chi connectivity index (χ3v) is 2.80. The molecule has 0 heterocycles. The summed E-state index contributed by atoms with van der Waals surface area (Å²) in [6.07, 6.45) is 2.52. The summed E-state index contributed by atoms with van der Waals surface area (Å²) in [5.74, 6) is 0.170. The van der Waals surface area contributed by atoms with Gasteiger partial charge in [0.05, 0.1) is 12.2 Å². The van der Waals surface area contributed by atoms with E-state index in [9.17, 15) is 5.11 Å². The van der Waals surface area contributed by atoms with E-state index in [1.54, 1.807) is 7.11 Å². The molecule has 1 aliphatic rings. The van der Waals surface area contributed by atoms with E-state index in [1.165, 1.54) is 12.8 Å². The smallest absolute Gasteiger partial charge is 0.0790 e. The molecule has 1 aliphatic carbocycles. The van der Waals surface area contributed by atoms with Crippen LogP contribution in [0.4, 0.5) is 0 Å². The lowest BCUT2D eigenvalue weighted by Crippen LogP contribution is -2.45. The van der Waals surface area contributed by atoms with Crippen molar-refractivity contribution in [3.63, 3.8) is 0 Å². The van der Waals surface area contributed by atoms with Gasteiger partial charge in [-0.1, -0.05) is 6.92 Å². The van der Waals surface area contributed by atoms with Crippen LogP contribution < -0.4 is 5.32 Å². The van der Waals surface area contributed by atoms with Gasteiger partial charge in [0.25, 0.3) is 0 Å². The zero-order valence-corrected chi connectivity index (χ0v) is 8.84. The Morgan fingerprint density at radius 2 is 2.23 bits per heavy atom. The first-order valence-corrected chi connectivity index (χ1v) is 5.01. The van der Waals surface area contributed by atoms with Gasteiger partial charge in [-0.25, -0.2) is 0 Å². The zero-order chi connectivity index (χ0) is 9.90. The van der Waals surface area contributed by atoms with Gasteiger partial charge >= 0.3 is 0 Å². The lowest BCUT2D eigenvalue weighted by molar-refractivity contribution is -0.0241. The molecule has 13 heavy (non-hydrogen) atoms. The number of rotatable bonds is 6. The largest absolute Gasteiger partial charge is 0.388 e. The van der Waals surface area contributed by atoms with Crippen molar-refractivity contribution in [2.45, 2.75) is 38.3 Å². The van der Waals surface area contributed by atoms with Gasteiger partial charge in [-0.15, -0.1) is 0 Å². The Kier molecular flexibility index (Phi) is 3.71. The average molecular weight is 187 g/mol. The molecule has 0 bridgehead atoms. The van der Waals surface area contributed by atoms with Gasteiger partial charge in [-0.05, 0) is 19.8 Å². The summed E-state index contributed by atoms with van der Waals surface area (Å²) in [5, 5.41) is 13.4. The van der Waals surface area contributed by atoms with Crippen molar-refractivity contribution in [3.05, 3.63) is 0 Å². The number of methoxy groups -OCH3 is 1. The van der Waals surface area contributed by atoms with Crippen LogP contribution in [0, 0.1) is 5.92 Å². The first-order valence-electron chi connectivity index (χ1n) is 5.01. The summed E-state index contributed by atoms with van der Waals surface area (Å²) in [6, 6.07) is 0.654. The molecule has 0 aliphatic heterocycles. The lowest BCUT2D eigenvalue weighted by Gasteiger charge is -2.30. The minimum Gasteiger partial charge on any atom is -0.388 e. The van der Waals surface area contributed by atoms with Crippen LogP contribution in [0.25, 0.3) is 0 Å². The summed E-state index contributed by atoms with van der Waals surface area (Å²) in [6.45, 7) is 5.16. The van der Waals surface area contributed by atoms with Crippen LogP contribution in [0.1, 0.15) is 26.7 Å². The van der Waals surface area contributed by atoms with Crippen LogP contribution in [0.15, 0.2) is 0 Å². The molecule has 3 heteroatoms. The molecule has 0 amide bonds. The zero-order valence-electron chi connectivity index (χ0n) is 8.84. The quantitative estimate of drug-likeness (QED) is 0.645. The highest BCUT2D eigenvalue weighted by Gasteiger charge is 2.31. The minimum absolute atomic E-state index is 0.170. The van der Waals surface area contributed by atoms with Crippen molar-refractivity contribution in [1.82, 2.24) is 5.32 Å². The molecule has 0 aromatic rings. The standard InChI is InChI=1S/C10H21NO2/c1-8(6-13-3)10(2,12)7-11-9-4-5-9/h8-9,11-12H,4-7H2,1-3H3. The van der Waals surface area contributed by atoms with Crippen LogP contribution in [0.5, 0.6) is 0 Å². The first-order chi connectivity index (χ1) is 6.06. The Labute approximate surface area is 80.5 Å². The summed E-state index contributed by atoms with van der Waals surface area (Å²) in [4.78, 5) is 0. The van der Waals surface area contributed by atoms with Crippen molar-refractivity contribution in [2.75, 3.05) is 20.3 Å². The molecule has 1 fully saturated rings. The molecule has 2 unspecified atom stereocenters. The Bertz CT molecular complexity index is 155. The van der Waals surface area contributed by atoms with Gasteiger partial charge in [0.15, 0.2) is 0 Å². The van der Waals surface area contributed by atoms with Crippen molar-refractivity contribution in [1.29, 1.82) is 0 Å². The van der Waals surface area contributed by atoms with E-state index in [0.29, 0.717) is 19.2 Å². The third kappa shape index (κ3) is 3.63. The van der Waals surface area contributed by atoms with Crippen LogP contribution in [-0.2, 0) is 4.74 Å². The highest BCUT2D eigenvalue weighted by atomic mass is 16.5.